The molecule has 1 rings (SSSR count). The summed E-state index contributed by atoms with van der Waals surface area (Å²) in [5, 5.41) is 12.8. The maximum absolute atomic E-state index is 11.6. The maximum atomic E-state index is 11.6. The van der Waals surface area contributed by atoms with E-state index in [4.69, 9.17) is 0 Å². The lowest BCUT2D eigenvalue weighted by Crippen LogP contribution is -2.57. The number of carboxylic acid groups (broad SMARTS) is 1. The number of nitrogens with zero attached hydrogens (tertiary/aromatic N) is 2. The normalized spacial score (nSPS) is 18.2. The maximum Gasteiger partial charge on any atom is 0.324 e. The lowest BCUT2D eigenvalue weighted by atomic mass is 10.0. The molecule has 5 heteroatoms. The van der Waals surface area contributed by atoms with Gasteiger partial charge in [0.15, 0.2) is 0 Å². The Bertz CT molecular complexity index is 317. The molecule has 1 saturated carbocycles. The van der Waals surface area contributed by atoms with Crippen molar-refractivity contribution in [3.63, 3.8) is 0 Å². The first-order chi connectivity index (χ1) is 9.95. The van der Waals surface area contributed by atoms with E-state index in [2.05, 4.69) is 35.9 Å². The van der Waals surface area contributed by atoms with Crippen LogP contribution in [-0.4, -0.2) is 71.7 Å². The summed E-state index contributed by atoms with van der Waals surface area (Å²) in [7, 11) is 0. The van der Waals surface area contributed by atoms with Crippen LogP contribution in [0.4, 0.5) is 0 Å². The van der Waals surface area contributed by atoms with E-state index in [9.17, 15) is 9.90 Å². The number of aliphatic carboxylic acids is 1. The van der Waals surface area contributed by atoms with Gasteiger partial charge in [-0.15, -0.1) is 0 Å². The van der Waals surface area contributed by atoms with E-state index in [0.717, 1.165) is 52.0 Å². The van der Waals surface area contributed by atoms with Crippen molar-refractivity contribution in [1.29, 1.82) is 0 Å². The van der Waals surface area contributed by atoms with Crippen LogP contribution in [-0.2, 0) is 4.79 Å². The Kier molecular flexibility index (Phi) is 7.63. The van der Waals surface area contributed by atoms with Crippen LogP contribution < -0.4 is 5.32 Å². The van der Waals surface area contributed by atoms with Crippen molar-refractivity contribution in [3.8, 4) is 0 Å². The molecule has 1 aliphatic carbocycles. The molecule has 0 bridgehead atoms. The first-order valence-electron chi connectivity index (χ1n) is 8.41. The van der Waals surface area contributed by atoms with Gasteiger partial charge >= 0.3 is 5.97 Å². The molecule has 2 N–H and O–H groups in total. The summed E-state index contributed by atoms with van der Waals surface area (Å²) in [5.41, 5.74) is -0.827. The van der Waals surface area contributed by atoms with Crippen molar-refractivity contribution in [2.45, 2.75) is 58.5 Å². The van der Waals surface area contributed by atoms with E-state index in [1.807, 2.05) is 6.92 Å². The topological polar surface area (TPSA) is 55.8 Å². The number of carbonyl (C=O) groups is 1. The van der Waals surface area contributed by atoms with Crippen molar-refractivity contribution in [2.24, 2.45) is 0 Å². The fourth-order valence-corrected chi connectivity index (χ4v) is 2.71. The highest BCUT2D eigenvalue weighted by molar-refractivity contribution is 5.78. The van der Waals surface area contributed by atoms with Crippen LogP contribution in [0.2, 0.25) is 0 Å². The number of nitrogens with one attached hydrogen (secondary N) is 1. The van der Waals surface area contributed by atoms with Crippen molar-refractivity contribution in [2.75, 3.05) is 39.3 Å². The number of hydrogen-bond donors (Lipinski definition) is 2. The zero-order valence-electron chi connectivity index (χ0n) is 14.2. The summed E-state index contributed by atoms with van der Waals surface area (Å²) >= 11 is 0. The third kappa shape index (κ3) is 6.32. The van der Waals surface area contributed by atoms with Crippen molar-refractivity contribution >= 4 is 5.97 Å². The number of rotatable bonds is 12. The van der Waals surface area contributed by atoms with Gasteiger partial charge in [-0.25, -0.2) is 0 Å². The van der Waals surface area contributed by atoms with Gasteiger partial charge in [0.05, 0.1) is 0 Å². The smallest absolute Gasteiger partial charge is 0.324 e. The van der Waals surface area contributed by atoms with E-state index in [0.29, 0.717) is 12.6 Å². The molecular weight excluding hydrogens is 266 g/mol. The van der Waals surface area contributed by atoms with Gasteiger partial charge in [-0.3, -0.25) is 10.1 Å². The molecule has 0 radical (unpaired) electrons. The highest BCUT2D eigenvalue weighted by Crippen LogP contribution is 2.23. The minimum absolute atomic E-state index is 0.403. The second-order valence-corrected chi connectivity index (χ2v) is 6.31. The highest BCUT2D eigenvalue weighted by atomic mass is 16.4. The average Bonchev–Trinajstić information content (AvgIpc) is 3.25. The molecule has 0 aromatic rings. The molecule has 0 spiro atoms. The van der Waals surface area contributed by atoms with Gasteiger partial charge in [0.1, 0.15) is 5.54 Å². The van der Waals surface area contributed by atoms with Crippen LogP contribution in [0.15, 0.2) is 0 Å². The first-order valence-corrected chi connectivity index (χ1v) is 8.41. The van der Waals surface area contributed by atoms with Crippen molar-refractivity contribution < 1.29 is 9.90 Å². The molecule has 1 fully saturated rings. The Balaban J connectivity index is 2.44. The Hall–Kier alpha value is -0.650. The second kappa shape index (κ2) is 8.71. The van der Waals surface area contributed by atoms with Gasteiger partial charge in [0.2, 0.25) is 0 Å². The molecule has 0 aromatic heterocycles. The quantitative estimate of drug-likeness (QED) is 0.574. The molecule has 0 amide bonds. The fourth-order valence-electron chi connectivity index (χ4n) is 2.71. The van der Waals surface area contributed by atoms with Crippen molar-refractivity contribution in [1.82, 2.24) is 15.1 Å². The van der Waals surface area contributed by atoms with Gasteiger partial charge in [-0.05, 0) is 58.9 Å². The molecule has 1 atom stereocenters. The van der Waals surface area contributed by atoms with E-state index in [1.54, 1.807) is 0 Å². The molecular formula is C16H33N3O2. The third-order valence-electron chi connectivity index (χ3n) is 4.40. The molecule has 124 valence electrons. The van der Waals surface area contributed by atoms with Crippen LogP contribution in [0, 0.1) is 0 Å². The van der Waals surface area contributed by atoms with E-state index < -0.39 is 11.5 Å². The van der Waals surface area contributed by atoms with Crippen LogP contribution in [0.5, 0.6) is 0 Å². The molecule has 1 unspecified atom stereocenters. The minimum Gasteiger partial charge on any atom is -0.480 e. The van der Waals surface area contributed by atoms with E-state index in [1.165, 1.54) is 0 Å². The molecule has 0 heterocycles. The summed E-state index contributed by atoms with van der Waals surface area (Å²) in [5.74, 6) is -0.739. The predicted octanol–water partition coefficient (Wildman–Crippen LogP) is 1.64. The molecule has 0 aromatic carbocycles. The van der Waals surface area contributed by atoms with Crippen LogP contribution >= 0.6 is 0 Å². The van der Waals surface area contributed by atoms with Gasteiger partial charge in [-0.2, -0.15) is 0 Å². The lowest BCUT2D eigenvalue weighted by Gasteiger charge is -2.33. The monoisotopic (exact) mass is 299 g/mol. The zero-order chi connectivity index (χ0) is 15.9. The molecule has 0 aliphatic heterocycles. The molecule has 1 aliphatic rings. The van der Waals surface area contributed by atoms with E-state index >= 15 is 0 Å². The fraction of sp³-hybridized carbons (Fsp3) is 0.938. The predicted molar refractivity (Wildman–Crippen MR) is 86.7 cm³/mol. The molecule has 0 saturated heterocycles. The summed E-state index contributed by atoms with van der Waals surface area (Å²) < 4.78 is 0. The Morgan fingerprint density at radius 2 is 1.67 bits per heavy atom. The Morgan fingerprint density at radius 1 is 1.14 bits per heavy atom. The highest BCUT2D eigenvalue weighted by Gasteiger charge is 2.39. The molecule has 21 heavy (non-hydrogen) atoms. The third-order valence-corrected chi connectivity index (χ3v) is 4.40. The number of likely N-dealkylation sites (N-methyl/N-ethyl adjacent to an activating group) is 1. The Morgan fingerprint density at radius 3 is 2.10 bits per heavy atom. The lowest BCUT2D eigenvalue weighted by molar-refractivity contribution is -0.145. The summed E-state index contributed by atoms with van der Waals surface area (Å²) in [4.78, 5) is 16.3. The standard InChI is InChI=1S/C16H33N3O2/c1-5-18(6-2)11-8-12-19(7-3)13-16(4,15(20)21)17-14-9-10-14/h14,17H,5-13H2,1-4H3,(H,20,21). The summed E-state index contributed by atoms with van der Waals surface area (Å²) in [6.07, 6.45) is 3.31. The van der Waals surface area contributed by atoms with Gasteiger partial charge in [0.25, 0.3) is 0 Å². The van der Waals surface area contributed by atoms with Crippen LogP contribution in [0.25, 0.3) is 0 Å². The minimum atomic E-state index is -0.827. The Labute approximate surface area is 129 Å². The number of hydrogen-bond acceptors (Lipinski definition) is 4. The zero-order valence-corrected chi connectivity index (χ0v) is 14.2. The average molecular weight is 299 g/mol. The van der Waals surface area contributed by atoms with Gasteiger partial charge in [-0.1, -0.05) is 20.8 Å². The largest absolute Gasteiger partial charge is 0.480 e. The summed E-state index contributed by atoms with van der Waals surface area (Å²) in [6, 6.07) is 0.403. The molecule has 5 nitrogen and oxygen atoms in total. The van der Waals surface area contributed by atoms with Crippen LogP contribution in [0.1, 0.15) is 47.0 Å². The van der Waals surface area contributed by atoms with E-state index in [-0.39, 0.29) is 0 Å². The van der Waals surface area contributed by atoms with Gasteiger partial charge < -0.3 is 14.9 Å². The summed E-state index contributed by atoms with van der Waals surface area (Å²) in [6.45, 7) is 14.0. The second-order valence-electron chi connectivity index (χ2n) is 6.31. The van der Waals surface area contributed by atoms with Gasteiger partial charge in [0, 0.05) is 12.6 Å². The number of carboxylic acids is 1. The van der Waals surface area contributed by atoms with Crippen molar-refractivity contribution in [3.05, 3.63) is 0 Å². The first kappa shape index (κ1) is 18.4. The SMILES string of the molecule is CCN(CC)CCCN(CC)CC(C)(NC1CC1)C(=O)O. The van der Waals surface area contributed by atoms with Crippen LogP contribution in [0.3, 0.4) is 0 Å².